The van der Waals surface area contributed by atoms with Crippen molar-refractivity contribution in [3.63, 3.8) is 0 Å². The third-order valence-corrected chi connectivity index (χ3v) is 3.48. The predicted molar refractivity (Wildman–Crippen MR) is 78.3 cm³/mol. The van der Waals surface area contributed by atoms with E-state index in [9.17, 15) is 4.79 Å². The van der Waals surface area contributed by atoms with Crippen molar-refractivity contribution < 1.29 is 9.21 Å². The molecule has 0 saturated carbocycles. The Kier molecular flexibility index (Phi) is 3.09. The molecule has 0 bridgehead atoms. The highest BCUT2D eigenvalue weighted by Crippen LogP contribution is 2.22. The molecule has 0 atom stereocenters. The summed E-state index contributed by atoms with van der Waals surface area (Å²) in [6.45, 7) is 0. The molecule has 0 unspecified atom stereocenters. The average molecular weight is 316 g/mol. The van der Waals surface area contributed by atoms with E-state index >= 15 is 0 Å². The first-order valence-corrected chi connectivity index (χ1v) is 6.56. The van der Waals surface area contributed by atoms with Gasteiger partial charge in [0.15, 0.2) is 4.67 Å². The van der Waals surface area contributed by atoms with Crippen molar-refractivity contribution in [2.45, 2.75) is 0 Å². The van der Waals surface area contributed by atoms with Crippen molar-refractivity contribution in [3.8, 4) is 0 Å². The van der Waals surface area contributed by atoms with Crippen molar-refractivity contribution in [1.29, 1.82) is 0 Å². The van der Waals surface area contributed by atoms with Crippen molar-refractivity contribution >= 4 is 38.3 Å². The number of carbonyl (C=O) groups excluding carboxylic acids is 1. The Hall–Kier alpha value is -2.07. The van der Waals surface area contributed by atoms with Crippen LogP contribution in [0.2, 0.25) is 0 Å². The third-order valence-electron chi connectivity index (χ3n) is 2.87. The number of benzene rings is 2. The number of hydrogen-bond acceptors (Lipinski definition) is 2. The Morgan fingerprint density at radius 3 is 2.58 bits per heavy atom. The van der Waals surface area contributed by atoms with Crippen LogP contribution in [0.5, 0.6) is 0 Å². The Balaban J connectivity index is 1.89. The Labute approximate surface area is 118 Å². The molecule has 0 saturated heterocycles. The molecule has 19 heavy (non-hydrogen) atoms. The normalized spacial score (nSPS) is 10.6. The molecule has 94 valence electrons. The first-order valence-electron chi connectivity index (χ1n) is 5.77. The highest BCUT2D eigenvalue weighted by atomic mass is 79.9. The van der Waals surface area contributed by atoms with E-state index in [4.69, 9.17) is 4.42 Å². The summed E-state index contributed by atoms with van der Waals surface area (Å²) in [6, 6.07) is 15.4. The van der Waals surface area contributed by atoms with Crippen molar-refractivity contribution in [2.75, 3.05) is 5.32 Å². The zero-order valence-electron chi connectivity index (χ0n) is 9.89. The number of nitrogens with one attached hydrogen (secondary N) is 1. The number of amides is 1. The minimum Gasteiger partial charge on any atom is -0.457 e. The number of anilines is 1. The molecule has 0 radical (unpaired) electrons. The highest BCUT2D eigenvalue weighted by molar-refractivity contribution is 9.10. The molecule has 1 amide bonds. The minimum absolute atomic E-state index is 0.198. The Morgan fingerprint density at radius 1 is 1.05 bits per heavy atom. The van der Waals surface area contributed by atoms with E-state index in [1.807, 2.05) is 42.5 Å². The van der Waals surface area contributed by atoms with Crippen molar-refractivity contribution in [3.05, 3.63) is 65.0 Å². The molecule has 0 fully saturated rings. The molecule has 2 aromatic carbocycles. The van der Waals surface area contributed by atoms with Gasteiger partial charge in [-0.15, -0.1) is 0 Å². The Bertz CT molecular complexity index is 748. The smallest absolute Gasteiger partial charge is 0.260 e. The molecule has 0 aliphatic rings. The van der Waals surface area contributed by atoms with Crippen LogP contribution in [0, 0.1) is 0 Å². The molecule has 1 N–H and O–H groups in total. The fraction of sp³-hybridized carbons (Fsp3) is 0. The second-order valence-electron chi connectivity index (χ2n) is 4.12. The molecular formula is C15H10BrNO2. The molecule has 3 rings (SSSR count). The molecule has 0 aliphatic carbocycles. The van der Waals surface area contributed by atoms with Gasteiger partial charge in [0.2, 0.25) is 0 Å². The molecule has 4 heteroatoms. The molecule has 0 aliphatic heterocycles. The second kappa shape index (κ2) is 4.90. The fourth-order valence-electron chi connectivity index (χ4n) is 1.92. The van der Waals surface area contributed by atoms with E-state index < -0.39 is 0 Å². The lowest BCUT2D eigenvalue weighted by atomic mass is 10.1. The molecule has 3 nitrogen and oxygen atoms in total. The topological polar surface area (TPSA) is 42.2 Å². The zero-order valence-corrected chi connectivity index (χ0v) is 11.5. The van der Waals surface area contributed by atoms with Gasteiger partial charge in [-0.25, -0.2) is 0 Å². The molecule has 1 aromatic heterocycles. The van der Waals surface area contributed by atoms with E-state index in [-0.39, 0.29) is 5.91 Å². The standard InChI is InChI=1S/C15H10BrNO2/c16-14-13(7-8-19-14)15(18)17-12-6-5-10-3-1-2-4-11(10)9-12/h1-9H,(H,17,18). The lowest BCUT2D eigenvalue weighted by molar-refractivity contribution is 0.102. The number of halogens is 1. The lowest BCUT2D eigenvalue weighted by Crippen LogP contribution is -2.11. The van der Waals surface area contributed by atoms with E-state index in [1.54, 1.807) is 6.07 Å². The molecular weight excluding hydrogens is 306 g/mol. The van der Waals surface area contributed by atoms with Crippen LogP contribution in [0.4, 0.5) is 5.69 Å². The van der Waals surface area contributed by atoms with Gasteiger partial charge in [-0.05, 0) is 44.9 Å². The maximum Gasteiger partial charge on any atom is 0.260 e. The first kappa shape index (κ1) is 12.0. The number of rotatable bonds is 2. The van der Waals surface area contributed by atoms with Gasteiger partial charge in [-0.2, -0.15) is 0 Å². The Morgan fingerprint density at radius 2 is 1.84 bits per heavy atom. The number of furan rings is 1. The van der Waals surface area contributed by atoms with Gasteiger partial charge >= 0.3 is 0 Å². The van der Waals surface area contributed by atoms with Gasteiger partial charge in [0, 0.05) is 5.69 Å². The summed E-state index contributed by atoms with van der Waals surface area (Å²) in [5.41, 5.74) is 1.24. The number of hydrogen-bond donors (Lipinski definition) is 1. The van der Waals surface area contributed by atoms with Crippen molar-refractivity contribution in [1.82, 2.24) is 0 Å². The lowest BCUT2D eigenvalue weighted by Gasteiger charge is -2.05. The van der Waals surface area contributed by atoms with E-state index in [0.29, 0.717) is 10.2 Å². The van der Waals surface area contributed by atoms with Crippen LogP contribution in [0.3, 0.4) is 0 Å². The third kappa shape index (κ3) is 2.39. The molecule has 1 heterocycles. The van der Waals surface area contributed by atoms with Gasteiger partial charge in [-0.3, -0.25) is 4.79 Å². The largest absolute Gasteiger partial charge is 0.457 e. The minimum atomic E-state index is -0.198. The van der Waals surface area contributed by atoms with Crippen LogP contribution in [-0.2, 0) is 0 Å². The summed E-state index contributed by atoms with van der Waals surface area (Å²) in [6.07, 6.45) is 1.47. The van der Waals surface area contributed by atoms with Gasteiger partial charge in [0.25, 0.3) is 5.91 Å². The van der Waals surface area contributed by atoms with Crippen LogP contribution in [0.15, 0.2) is 63.9 Å². The van der Waals surface area contributed by atoms with Crippen LogP contribution >= 0.6 is 15.9 Å². The summed E-state index contributed by atoms with van der Waals surface area (Å²) in [4.78, 5) is 12.0. The van der Waals surface area contributed by atoms with Gasteiger partial charge in [-0.1, -0.05) is 30.3 Å². The van der Waals surface area contributed by atoms with Gasteiger partial charge < -0.3 is 9.73 Å². The van der Waals surface area contributed by atoms with Crippen LogP contribution < -0.4 is 5.32 Å². The quantitative estimate of drug-likeness (QED) is 0.759. The summed E-state index contributed by atoms with van der Waals surface area (Å²) in [5.74, 6) is -0.198. The van der Waals surface area contributed by atoms with Crippen LogP contribution in [0.25, 0.3) is 10.8 Å². The number of fused-ring (bicyclic) bond motifs is 1. The van der Waals surface area contributed by atoms with Crippen molar-refractivity contribution in [2.24, 2.45) is 0 Å². The maximum absolute atomic E-state index is 12.0. The monoisotopic (exact) mass is 315 g/mol. The second-order valence-corrected chi connectivity index (χ2v) is 4.84. The maximum atomic E-state index is 12.0. The van der Waals surface area contributed by atoms with Crippen LogP contribution in [0.1, 0.15) is 10.4 Å². The summed E-state index contributed by atoms with van der Waals surface area (Å²) in [5, 5.41) is 5.08. The van der Waals surface area contributed by atoms with Gasteiger partial charge in [0.05, 0.1) is 11.8 Å². The fourth-order valence-corrected chi connectivity index (χ4v) is 2.34. The summed E-state index contributed by atoms with van der Waals surface area (Å²) < 4.78 is 5.49. The van der Waals surface area contributed by atoms with E-state index in [0.717, 1.165) is 16.5 Å². The van der Waals surface area contributed by atoms with E-state index in [1.165, 1.54) is 6.26 Å². The molecule has 3 aromatic rings. The molecule has 0 spiro atoms. The summed E-state index contributed by atoms with van der Waals surface area (Å²) >= 11 is 3.19. The van der Waals surface area contributed by atoms with Crippen LogP contribution in [-0.4, -0.2) is 5.91 Å². The van der Waals surface area contributed by atoms with Gasteiger partial charge in [0.1, 0.15) is 0 Å². The predicted octanol–water partition coefficient (Wildman–Crippen LogP) is 4.45. The zero-order chi connectivity index (χ0) is 13.2. The summed E-state index contributed by atoms with van der Waals surface area (Å²) in [7, 11) is 0. The van der Waals surface area contributed by atoms with E-state index in [2.05, 4.69) is 21.2 Å². The highest BCUT2D eigenvalue weighted by Gasteiger charge is 2.12. The number of carbonyl (C=O) groups is 1. The first-order chi connectivity index (χ1) is 9.24. The average Bonchev–Trinajstić information content (AvgIpc) is 2.85. The SMILES string of the molecule is O=C(Nc1ccc2ccccc2c1)c1ccoc1Br.